The van der Waals surface area contributed by atoms with Crippen molar-refractivity contribution in [1.82, 2.24) is 15.4 Å². The number of rotatable bonds is 3. The molecule has 4 nitrogen and oxygen atoms in total. The summed E-state index contributed by atoms with van der Waals surface area (Å²) in [6.07, 6.45) is 3.41. The Morgan fingerprint density at radius 2 is 1.81 bits per heavy atom. The zero-order valence-electron chi connectivity index (χ0n) is 12.2. The molecule has 0 saturated carbocycles. The van der Waals surface area contributed by atoms with Crippen LogP contribution in [-0.4, -0.2) is 9.97 Å². The van der Waals surface area contributed by atoms with Crippen molar-refractivity contribution in [1.29, 1.82) is 0 Å². The van der Waals surface area contributed by atoms with Crippen LogP contribution in [0.3, 0.4) is 0 Å². The zero-order valence-corrected chi connectivity index (χ0v) is 12.2. The van der Waals surface area contributed by atoms with E-state index in [1.807, 2.05) is 18.2 Å². The largest absolute Gasteiger partial charge is 0.271 e. The molecule has 2 aromatic carbocycles. The first-order valence-corrected chi connectivity index (χ1v) is 6.93. The second-order valence-electron chi connectivity index (χ2n) is 5.23. The monoisotopic (exact) mass is 278 g/mol. The second-order valence-corrected chi connectivity index (χ2v) is 5.23. The minimum atomic E-state index is -0.106. The molecule has 0 fully saturated rings. The van der Waals surface area contributed by atoms with Gasteiger partial charge in [-0.05, 0) is 31.0 Å². The van der Waals surface area contributed by atoms with Gasteiger partial charge >= 0.3 is 0 Å². The fraction of sp³-hybridized carbons (Fsp3) is 0.176. The van der Waals surface area contributed by atoms with Crippen LogP contribution in [0.5, 0.6) is 0 Å². The van der Waals surface area contributed by atoms with Crippen molar-refractivity contribution in [3.63, 3.8) is 0 Å². The standard InChI is InChI=1S/C17H18N4/c1-11-6-7-13(12(2)10-11)16(21-18)14-4-3-5-15-17(14)20-9-8-19-15/h3-10,16,21H,18H2,1-2H3. The Bertz CT molecular complexity index is 777. The first-order chi connectivity index (χ1) is 10.2. The van der Waals surface area contributed by atoms with E-state index >= 15 is 0 Å². The molecule has 21 heavy (non-hydrogen) atoms. The fourth-order valence-corrected chi connectivity index (χ4v) is 2.74. The molecule has 3 aromatic rings. The van der Waals surface area contributed by atoms with Gasteiger partial charge < -0.3 is 0 Å². The molecule has 1 aromatic heterocycles. The van der Waals surface area contributed by atoms with Crippen molar-refractivity contribution >= 4 is 11.0 Å². The molecule has 0 amide bonds. The summed E-state index contributed by atoms with van der Waals surface area (Å²) in [5.74, 6) is 5.84. The maximum Gasteiger partial charge on any atom is 0.0938 e. The predicted molar refractivity (Wildman–Crippen MR) is 84.6 cm³/mol. The minimum absolute atomic E-state index is 0.106. The number of hydrazine groups is 1. The number of hydrogen-bond donors (Lipinski definition) is 2. The Morgan fingerprint density at radius 1 is 1.00 bits per heavy atom. The minimum Gasteiger partial charge on any atom is -0.271 e. The number of benzene rings is 2. The van der Waals surface area contributed by atoms with Gasteiger partial charge in [-0.3, -0.25) is 15.8 Å². The zero-order chi connectivity index (χ0) is 14.8. The predicted octanol–water partition coefficient (Wildman–Crippen LogP) is 2.80. The third-order valence-electron chi connectivity index (χ3n) is 3.74. The lowest BCUT2D eigenvalue weighted by Crippen LogP contribution is -2.29. The third-order valence-corrected chi connectivity index (χ3v) is 3.74. The van der Waals surface area contributed by atoms with E-state index in [2.05, 4.69) is 47.4 Å². The van der Waals surface area contributed by atoms with Crippen molar-refractivity contribution in [2.45, 2.75) is 19.9 Å². The lowest BCUT2D eigenvalue weighted by atomic mass is 9.93. The third kappa shape index (κ3) is 2.51. The van der Waals surface area contributed by atoms with Gasteiger partial charge in [0, 0.05) is 18.0 Å². The molecule has 3 rings (SSSR count). The number of hydrogen-bond acceptors (Lipinski definition) is 4. The molecule has 4 heteroatoms. The summed E-state index contributed by atoms with van der Waals surface area (Å²) in [6.45, 7) is 4.19. The number of nitrogens with zero attached hydrogens (tertiary/aromatic N) is 2. The molecule has 3 N–H and O–H groups in total. The van der Waals surface area contributed by atoms with E-state index in [1.54, 1.807) is 12.4 Å². The van der Waals surface area contributed by atoms with Gasteiger partial charge in [-0.15, -0.1) is 0 Å². The molecule has 0 spiro atoms. The van der Waals surface area contributed by atoms with Crippen molar-refractivity contribution < 1.29 is 0 Å². The maximum atomic E-state index is 5.84. The highest BCUT2D eigenvalue weighted by Gasteiger charge is 2.18. The van der Waals surface area contributed by atoms with E-state index < -0.39 is 0 Å². The lowest BCUT2D eigenvalue weighted by molar-refractivity contribution is 0.636. The highest BCUT2D eigenvalue weighted by molar-refractivity contribution is 5.78. The van der Waals surface area contributed by atoms with Crippen molar-refractivity contribution in [3.8, 4) is 0 Å². The molecule has 0 saturated heterocycles. The summed E-state index contributed by atoms with van der Waals surface area (Å²) in [6, 6.07) is 12.3. The van der Waals surface area contributed by atoms with E-state index in [4.69, 9.17) is 5.84 Å². The van der Waals surface area contributed by atoms with Crippen LogP contribution in [0.1, 0.15) is 28.3 Å². The number of para-hydroxylation sites is 1. The highest BCUT2D eigenvalue weighted by atomic mass is 15.2. The Labute approximate surface area is 124 Å². The Balaban J connectivity index is 2.18. The molecule has 1 atom stereocenters. The van der Waals surface area contributed by atoms with Crippen LogP contribution < -0.4 is 11.3 Å². The Kier molecular flexibility index (Phi) is 3.64. The summed E-state index contributed by atoms with van der Waals surface area (Å²) in [4.78, 5) is 8.82. The quantitative estimate of drug-likeness (QED) is 0.571. The second kappa shape index (κ2) is 5.60. The van der Waals surface area contributed by atoms with Crippen molar-refractivity contribution in [3.05, 3.63) is 71.0 Å². The first-order valence-electron chi connectivity index (χ1n) is 6.93. The molecular formula is C17H18N4. The van der Waals surface area contributed by atoms with Gasteiger partial charge in [0.25, 0.3) is 0 Å². The van der Waals surface area contributed by atoms with Crippen LogP contribution in [0.15, 0.2) is 48.8 Å². The van der Waals surface area contributed by atoms with Crippen LogP contribution in [0, 0.1) is 13.8 Å². The Morgan fingerprint density at radius 3 is 2.57 bits per heavy atom. The topological polar surface area (TPSA) is 63.8 Å². The normalized spacial score (nSPS) is 12.5. The van der Waals surface area contributed by atoms with Gasteiger partial charge in [-0.25, -0.2) is 5.43 Å². The summed E-state index contributed by atoms with van der Waals surface area (Å²) >= 11 is 0. The molecule has 1 unspecified atom stereocenters. The van der Waals surface area contributed by atoms with E-state index in [0.29, 0.717) is 0 Å². The van der Waals surface area contributed by atoms with E-state index in [9.17, 15) is 0 Å². The molecule has 1 heterocycles. The molecular weight excluding hydrogens is 260 g/mol. The molecule has 106 valence electrons. The van der Waals surface area contributed by atoms with E-state index in [0.717, 1.165) is 22.2 Å². The maximum absolute atomic E-state index is 5.84. The van der Waals surface area contributed by atoms with Crippen LogP contribution in [0.2, 0.25) is 0 Å². The van der Waals surface area contributed by atoms with Crippen LogP contribution in [-0.2, 0) is 0 Å². The van der Waals surface area contributed by atoms with Gasteiger partial charge in [0.1, 0.15) is 0 Å². The molecule has 0 aliphatic carbocycles. The van der Waals surface area contributed by atoms with Gasteiger partial charge in [-0.2, -0.15) is 0 Å². The Hall–Kier alpha value is -2.30. The number of nitrogens with two attached hydrogens (primary N) is 1. The summed E-state index contributed by atoms with van der Waals surface area (Å²) in [5, 5.41) is 0. The molecule has 0 aliphatic heterocycles. The molecule has 0 bridgehead atoms. The van der Waals surface area contributed by atoms with Gasteiger partial charge in [0.15, 0.2) is 0 Å². The van der Waals surface area contributed by atoms with Crippen LogP contribution >= 0.6 is 0 Å². The summed E-state index contributed by atoms with van der Waals surface area (Å²) in [5.41, 5.74) is 9.31. The first kappa shape index (κ1) is 13.7. The smallest absolute Gasteiger partial charge is 0.0938 e. The van der Waals surface area contributed by atoms with Crippen LogP contribution in [0.4, 0.5) is 0 Å². The van der Waals surface area contributed by atoms with Crippen molar-refractivity contribution in [2.75, 3.05) is 0 Å². The van der Waals surface area contributed by atoms with Gasteiger partial charge in [0.2, 0.25) is 0 Å². The summed E-state index contributed by atoms with van der Waals surface area (Å²) < 4.78 is 0. The number of aryl methyl sites for hydroxylation is 2. The molecule has 0 aliphatic rings. The summed E-state index contributed by atoms with van der Waals surface area (Å²) in [7, 11) is 0. The number of fused-ring (bicyclic) bond motifs is 1. The van der Waals surface area contributed by atoms with E-state index in [1.165, 1.54) is 11.1 Å². The average Bonchev–Trinajstić information content (AvgIpc) is 2.50. The number of aromatic nitrogens is 2. The van der Waals surface area contributed by atoms with Crippen LogP contribution in [0.25, 0.3) is 11.0 Å². The van der Waals surface area contributed by atoms with Gasteiger partial charge in [-0.1, -0.05) is 35.9 Å². The van der Waals surface area contributed by atoms with Crippen molar-refractivity contribution in [2.24, 2.45) is 5.84 Å². The van der Waals surface area contributed by atoms with Gasteiger partial charge in [0.05, 0.1) is 17.1 Å². The lowest BCUT2D eigenvalue weighted by Gasteiger charge is -2.20. The molecule has 0 radical (unpaired) electrons. The highest BCUT2D eigenvalue weighted by Crippen LogP contribution is 2.28. The number of nitrogens with one attached hydrogen (secondary N) is 1. The SMILES string of the molecule is Cc1ccc(C(NN)c2cccc3nccnc23)c(C)c1. The fourth-order valence-electron chi connectivity index (χ4n) is 2.74. The van der Waals surface area contributed by atoms with E-state index in [-0.39, 0.29) is 6.04 Å². The average molecular weight is 278 g/mol.